The summed E-state index contributed by atoms with van der Waals surface area (Å²) in [5.74, 6) is 1.52. The molecule has 1 fully saturated rings. The molecule has 170 valence electrons. The molecule has 1 aliphatic rings. The second kappa shape index (κ2) is 7.65. The summed E-state index contributed by atoms with van der Waals surface area (Å²) in [7, 11) is 1.59. The molecule has 5 rings (SSSR count). The van der Waals surface area contributed by atoms with Gasteiger partial charge in [-0.2, -0.15) is 5.10 Å². The lowest BCUT2D eigenvalue weighted by molar-refractivity contribution is 0.0265. The fraction of sp³-hybridized carbons (Fsp3) is 0.320. The first-order valence-corrected chi connectivity index (χ1v) is 11.0. The van der Waals surface area contributed by atoms with Crippen molar-refractivity contribution in [3.05, 3.63) is 59.1 Å². The zero-order valence-corrected chi connectivity index (χ0v) is 19.3. The molecule has 1 saturated heterocycles. The van der Waals surface area contributed by atoms with E-state index in [1.165, 1.54) is 0 Å². The van der Waals surface area contributed by atoms with Crippen molar-refractivity contribution in [2.24, 2.45) is 0 Å². The van der Waals surface area contributed by atoms with Crippen LogP contribution in [-0.2, 0) is 0 Å². The van der Waals surface area contributed by atoms with E-state index in [0.717, 1.165) is 22.9 Å². The van der Waals surface area contributed by atoms with E-state index >= 15 is 0 Å². The van der Waals surface area contributed by atoms with Crippen LogP contribution in [0.3, 0.4) is 0 Å². The second-order valence-electron chi connectivity index (χ2n) is 8.67. The number of nitrogens with one attached hydrogen (secondary N) is 1. The van der Waals surface area contributed by atoms with Gasteiger partial charge in [0.05, 0.1) is 17.3 Å². The standard InChI is InChI=1S/C25H26N4O4/c1-13-10-14(2)29(13)25(31)19-12-28-23(15(19)3)20(8-9-27-28)33-17-6-7-18-21(11-17)32-16(4)22(18)24(30)26-5/h6-9,11-14H,10H2,1-5H3,(H,26,30)/t13-,14+. The highest BCUT2D eigenvalue weighted by Crippen LogP contribution is 2.35. The highest BCUT2D eigenvalue weighted by Gasteiger charge is 2.37. The molecule has 0 radical (unpaired) electrons. The molecule has 0 saturated carbocycles. The molecule has 0 unspecified atom stereocenters. The zero-order chi connectivity index (χ0) is 23.4. The summed E-state index contributed by atoms with van der Waals surface area (Å²) in [4.78, 5) is 27.3. The van der Waals surface area contributed by atoms with E-state index in [1.807, 2.05) is 17.9 Å². The molecule has 2 atom stereocenters. The van der Waals surface area contributed by atoms with Crippen LogP contribution in [0.4, 0.5) is 0 Å². The number of likely N-dealkylation sites (tertiary alicyclic amines) is 1. The molecule has 3 aromatic heterocycles. The third-order valence-corrected chi connectivity index (χ3v) is 6.51. The van der Waals surface area contributed by atoms with Crippen molar-refractivity contribution in [3.8, 4) is 11.5 Å². The molecule has 4 heterocycles. The summed E-state index contributed by atoms with van der Waals surface area (Å²) in [6.07, 6.45) is 4.43. The number of ether oxygens (including phenoxy) is 1. The number of hydrogen-bond donors (Lipinski definition) is 1. The van der Waals surface area contributed by atoms with Gasteiger partial charge in [-0.05, 0) is 51.8 Å². The molecule has 8 nitrogen and oxygen atoms in total. The van der Waals surface area contributed by atoms with Crippen LogP contribution in [-0.4, -0.2) is 45.5 Å². The Hall–Kier alpha value is -3.81. The Bertz CT molecular complexity index is 1410. The van der Waals surface area contributed by atoms with Crippen molar-refractivity contribution in [1.82, 2.24) is 19.8 Å². The van der Waals surface area contributed by atoms with Gasteiger partial charge in [0.1, 0.15) is 22.6 Å². The number of rotatable bonds is 4. The molecule has 0 bridgehead atoms. The van der Waals surface area contributed by atoms with Crippen LogP contribution in [0.2, 0.25) is 0 Å². The van der Waals surface area contributed by atoms with E-state index in [2.05, 4.69) is 24.3 Å². The number of fused-ring (bicyclic) bond motifs is 2. The van der Waals surface area contributed by atoms with Crippen molar-refractivity contribution in [2.45, 2.75) is 46.2 Å². The molecule has 1 N–H and O–H groups in total. The van der Waals surface area contributed by atoms with Crippen molar-refractivity contribution in [3.63, 3.8) is 0 Å². The number of nitrogens with zero attached hydrogens (tertiary/aromatic N) is 3. The number of carbonyl (C=O) groups excluding carboxylic acids is 2. The Morgan fingerprint density at radius 1 is 1.18 bits per heavy atom. The first-order chi connectivity index (χ1) is 15.8. The van der Waals surface area contributed by atoms with E-state index in [9.17, 15) is 9.59 Å². The fourth-order valence-electron chi connectivity index (χ4n) is 4.88. The van der Waals surface area contributed by atoms with Gasteiger partial charge in [-0.1, -0.05) is 0 Å². The SMILES string of the molecule is CNC(=O)c1c(C)oc2cc(Oc3ccnn4cc(C(=O)N5[C@H](C)C[C@@H]5C)c(C)c34)ccc12. The van der Waals surface area contributed by atoms with Gasteiger partial charge in [0.2, 0.25) is 0 Å². The van der Waals surface area contributed by atoms with Gasteiger partial charge in [-0.25, -0.2) is 4.52 Å². The summed E-state index contributed by atoms with van der Waals surface area (Å²) in [5.41, 5.74) is 3.28. The van der Waals surface area contributed by atoms with E-state index in [0.29, 0.717) is 34.0 Å². The minimum Gasteiger partial charge on any atom is -0.460 e. The quantitative estimate of drug-likeness (QED) is 0.500. The Morgan fingerprint density at radius 3 is 2.64 bits per heavy atom. The number of aryl methyl sites for hydroxylation is 2. The summed E-state index contributed by atoms with van der Waals surface area (Å²) in [6.45, 7) is 7.82. The second-order valence-corrected chi connectivity index (χ2v) is 8.67. The summed E-state index contributed by atoms with van der Waals surface area (Å²) >= 11 is 0. The fourth-order valence-corrected chi connectivity index (χ4v) is 4.88. The Kier molecular flexibility index (Phi) is 4.88. The van der Waals surface area contributed by atoms with Crippen molar-refractivity contribution >= 4 is 28.3 Å². The number of aromatic nitrogens is 2. The first kappa shape index (κ1) is 21.1. The number of hydrogen-bond acceptors (Lipinski definition) is 5. The van der Waals surface area contributed by atoms with Gasteiger partial charge in [0.25, 0.3) is 11.8 Å². The van der Waals surface area contributed by atoms with Crippen molar-refractivity contribution < 1.29 is 18.7 Å². The Morgan fingerprint density at radius 2 is 1.94 bits per heavy atom. The van der Waals surface area contributed by atoms with Crippen molar-refractivity contribution in [1.29, 1.82) is 0 Å². The third-order valence-electron chi connectivity index (χ3n) is 6.51. The minimum absolute atomic E-state index is 0.0180. The smallest absolute Gasteiger partial charge is 0.256 e. The minimum atomic E-state index is -0.192. The maximum absolute atomic E-state index is 13.2. The topological polar surface area (TPSA) is 89.1 Å². The first-order valence-electron chi connectivity index (χ1n) is 11.0. The van der Waals surface area contributed by atoms with Crippen LogP contribution in [0.5, 0.6) is 11.5 Å². The molecule has 0 spiro atoms. The van der Waals surface area contributed by atoms with Gasteiger partial charge >= 0.3 is 0 Å². The predicted molar refractivity (Wildman–Crippen MR) is 124 cm³/mol. The number of carbonyl (C=O) groups is 2. The maximum Gasteiger partial charge on any atom is 0.256 e. The molecule has 0 aliphatic carbocycles. The lowest BCUT2D eigenvalue weighted by Crippen LogP contribution is -2.55. The van der Waals surface area contributed by atoms with E-state index < -0.39 is 0 Å². The van der Waals surface area contributed by atoms with Gasteiger partial charge in [-0.3, -0.25) is 9.59 Å². The molecule has 4 aromatic rings. The van der Waals surface area contributed by atoms with Crippen LogP contribution in [0.15, 0.2) is 41.1 Å². The van der Waals surface area contributed by atoms with Crippen LogP contribution in [0.1, 0.15) is 52.3 Å². The molecule has 2 amide bonds. The number of amides is 2. The average Bonchev–Trinajstić information content (AvgIpc) is 3.29. The van der Waals surface area contributed by atoms with Gasteiger partial charge in [-0.15, -0.1) is 0 Å². The van der Waals surface area contributed by atoms with Crippen LogP contribution < -0.4 is 10.1 Å². The van der Waals surface area contributed by atoms with Gasteiger partial charge in [0.15, 0.2) is 5.75 Å². The molecular formula is C25H26N4O4. The zero-order valence-electron chi connectivity index (χ0n) is 19.3. The van der Waals surface area contributed by atoms with Crippen LogP contribution in [0.25, 0.3) is 16.5 Å². The lowest BCUT2D eigenvalue weighted by atomic mass is 9.94. The van der Waals surface area contributed by atoms with E-state index in [4.69, 9.17) is 9.15 Å². The van der Waals surface area contributed by atoms with Gasteiger partial charge in [0, 0.05) is 42.8 Å². The highest BCUT2D eigenvalue weighted by atomic mass is 16.5. The van der Waals surface area contributed by atoms with E-state index in [1.54, 1.807) is 49.1 Å². The van der Waals surface area contributed by atoms with Gasteiger partial charge < -0.3 is 19.4 Å². The van der Waals surface area contributed by atoms with Crippen LogP contribution in [0, 0.1) is 13.8 Å². The largest absolute Gasteiger partial charge is 0.460 e. The summed E-state index contributed by atoms with van der Waals surface area (Å²) in [6, 6.07) is 7.63. The van der Waals surface area contributed by atoms with Crippen LogP contribution >= 0.6 is 0 Å². The molecule has 1 aromatic carbocycles. The maximum atomic E-state index is 13.2. The Labute approximate surface area is 191 Å². The summed E-state index contributed by atoms with van der Waals surface area (Å²) < 4.78 is 13.7. The molecule has 33 heavy (non-hydrogen) atoms. The van der Waals surface area contributed by atoms with E-state index in [-0.39, 0.29) is 23.9 Å². The third kappa shape index (κ3) is 3.25. The summed E-state index contributed by atoms with van der Waals surface area (Å²) in [5, 5.41) is 7.75. The average molecular weight is 447 g/mol. The normalized spacial score (nSPS) is 17.9. The Balaban J connectivity index is 1.52. The lowest BCUT2D eigenvalue weighted by Gasteiger charge is -2.45. The molecule has 8 heteroatoms. The van der Waals surface area contributed by atoms with Crippen molar-refractivity contribution in [2.75, 3.05) is 7.05 Å². The number of furan rings is 1. The monoisotopic (exact) mass is 446 g/mol. The number of benzene rings is 1. The molecule has 1 aliphatic heterocycles. The molecular weight excluding hydrogens is 420 g/mol. The predicted octanol–water partition coefficient (Wildman–Crippen LogP) is 4.47. The highest BCUT2D eigenvalue weighted by molar-refractivity contribution is 6.07.